The zero-order chi connectivity index (χ0) is 20.2. The van der Waals surface area contributed by atoms with E-state index in [1.54, 1.807) is 6.92 Å². The van der Waals surface area contributed by atoms with Crippen LogP contribution in [-0.2, 0) is 21.2 Å². The minimum absolute atomic E-state index is 0.230. The highest BCUT2D eigenvalue weighted by atomic mass is 32.2. The highest BCUT2D eigenvalue weighted by Crippen LogP contribution is 2.33. The summed E-state index contributed by atoms with van der Waals surface area (Å²) in [7, 11) is -4.21. The molecule has 2 aromatic rings. The van der Waals surface area contributed by atoms with Gasteiger partial charge >= 0.3 is 11.9 Å². The first kappa shape index (κ1) is 20.2. The molecule has 2 aromatic carbocycles. The molecule has 8 nitrogen and oxygen atoms in total. The number of aromatic carboxylic acids is 1. The third-order valence-corrected chi connectivity index (χ3v) is 4.92. The number of aliphatic carboxylic acids is 1. The van der Waals surface area contributed by atoms with Crippen molar-refractivity contribution in [2.24, 2.45) is 0 Å². The summed E-state index contributed by atoms with van der Waals surface area (Å²) in [5.74, 6) is -3.67. The van der Waals surface area contributed by atoms with Crippen LogP contribution in [0.4, 0.5) is 10.1 Å². The molecule has 0 saturated heterocycles. The van der Waals surface area contributed by atoms with Crippen LogP contribution in [0.5, 0.6) is 5.75 Å². The van der Waals surface area contributed by atoms with Crippen molar-refractivity contribution in [1.29, 1.82) is 0 Å². The first-order valence-corrected chi connectivity index (χ1v) is 9.16. The Morgan fingerprint density at radius 1 is 1.11 bits per heavy atom. The first-order chi connectivity index (χ1) is 12.7. The molecule has 0 aliphatic carbocycles. The number of carboxylic acids is 2. The fourth-order valence-corrected chi connectivity index (χ4v) is 3.39. The Morgan fingerprint density at radius 2 is 1.74 bits per heavy atom. The molecule has 3 N–H and O–H groups in total. The van der Waals surface area contributed by atoms with Crippen LogP contribution in [0.15, 0.2) is 41.3 Å². The van der Waals surface area contributed by atoms with Crippen LogP contribution in [-0.4, -0.2) is 37.2 Å². The molecular formula is C17H16FNO7S. The summed E-state index contributed by atoms with van der Waals surface area (Å²) in [6, 6.07) is 6.65. The summed E-state index contributed by atoms with van der Waals surface area (Å²) in [4.78, 5) is 22.2. The average Bonchev–Trinajstić information content (AvgIpc) is 2.59. The van der Waals surface area contributed by atoms with Crippen molar-refractivity contribution in [3.05, 3.63) is 53.3 Å². The van der Waals surface area contributed by atoms with Gasteiger partial charge in [0.15, 0.2) is 6.61 Å². The van der Waals surface area contributed by atoms with E-state index >= 15 is 0 Å². The topological polar surface area (TPSA) is 130 Å². The molecule has 0 amide bonds. The van der Waals surface area contributed by atoms with Crippen LogP contribution in [0.2, 0.25) is 0 Å². The van der Waals surface area contributed by atoms with Gasteiger partial charge in [0.25, 0.3) is 10.0 Å². The molecule has 27 heavy (non-hydrogen) atoms. The molecule has 0 spiro atoms. The Morgan fingerprint density at radius 3 is 2.26 bits per heavy atom. The van der Waals surface area contributed by atoms with Gasteiger partial charge in [0.1, 0.15) is 17.1 Å². The Labute approximate surface area is 154 Å². The van der Waals surface area contributed by atoms with E-state index < -0.39 is 39.9 Å². The number of rotatable bonds is 8. The van der Waals surface area contributed by atoms with Crippen molar-refractivity contribution in [3.63, 3.8) is 0 Å². The van der Waals surface area contributed by atoms with Gasteiger partial charge in [0.05, 0.1) is 10.6 Å². The number of anilines is 1. The van der Waals surface area contributed by atoms with Crippen molar-refractivity contribution in [3.8, 4) is 5.75 Å². The van der Waals surface area contributed by atoms with E-state index in [0.29, 0.717) is 12.0 Å². The highest BCUT2D eigenvalue weighted by molar-refractivity contribution is 7.92. The fourth-order valence-electron chi connectivity index (χ4n) is 2.32. The van der Waals surface area contributed by atoms with Crippen LogP contribution in [0.1, 0.15) is 22.8 Å². The monoisotopic (exact) mass is 397 g/mol. The Bertz CT molecular complexity index is 972. The van der Waals surface area contributed by atoms with E-state index in [2.05, 4.69) is 4.72 Å². The fraction of sp³-hybridized carbons (Fsp3) is 0.176. The number of aryl methyl sites for hydroxylation is 1. The van der Waals surface area contributed by atoms with Gasteiger partial charge in [-0.1, -0.05) is 13.0 Å². The van der Waals surface area contributed by atoms with Crippen molar-refractivity contribution in [2.75, 3.05) is 11.3 Å². The number of hydrogen-bond donors (Lipinski definition) is 3. The normalized spacial score (nSPS) is 11.0. The van der Waals surface area contributed by atoms with Gasteiger partial charge in [-0.25, -0.2) is 22.4 Å². The maximum Gasteiger partial charge on any atom is 0.341 e. The third kappa shape index (κ3) is 4.73. The maximum absolute atomic E-state index is 13.0. The third-order valence-electron chi connectivity index (χ3n) is 3.54. The second-order valence-electron chi connectivity index (χ2n) is 5.38. The summed E-state index contributed by atoms with van der Waals surface area (Å²) in [6.07, 6.45) is 0.334. The van der Waals surface area contributed by atoms with Crippen LogP contribution in [0.25, 0.3) is 0 Å². The molecule has 0 aliphatic rings. The SMILES string of the molecule is CCc1ccc(NS(=O)(=O)c2ccc(F)cc2)c(C(=O)O)c1OCC(=O)O. The number of carbonyl (C=O) groups is 2. The summed E-state index contributed by atoms with van der Waals surface area (Å²) in [5, 5.41) is 18.3. The van der Waals surface area contributed by atoms with Crippen molar-refractivity contribution in [1.82, 2.24) is 0 Å². The van der Waals surface area contributed by atoms with Crippen LogP contribution in [0.3, 0.4) is 0 Å². The number of sulfonamides is 1. The van der Waals surface area contributed by atoms with Gasteiger partial charge in [0.2, 0.25) is 0 Å². The molecule has 0 radical (unpaired) electrons. The lowest BCUT2D eigenvalue weighted by atomic mass is 10.0. The van der Waals surface area contributed by atoms with Crippen LogP contribution < -0.4 is 9.46 Å². The number of hydrogen-bond acceptors (Lipinski definition) is 5. The van der Waals surface area contributed by atoms with Gasteiger partial charge in [-0.15, -0.1) is 0 Å². The molecule has 0 heterocycles. The number of halogens is 1. The standard InChI is InChI=1S/C17H16FNO7S/c1-2-10-3-8-13(15(17(22)23)16(10)26-9-14(20)21)19-27(24,25)12-6-4-11(18)5-7-12/h3-8,19H,2,9H2,1H3,(H,20,21)(H,22,23). The van der Waals surface area contributed by atoms with Crippen LogP contribution >= 0.6 is 0 Å². The zero-order valence-corrected chi connectivity index (χ0v) is 14.9. The molecule has 2 rings (SSSR count). The molecule has 0 bridgehead atoms. The minimum Gasteiger partial charge on any atom is -0.481 e. The first-order valence-electron chi connectivity index (χ1n) is 7.68. The summed E-state index contributed by atoms with van der Waals surface area (Å²) in [5.41, 5.74) is -0.413. The minimum atomic E-state index is -4.21. The molecule has 0 saturated carbocycles. The Balaban J connectivity index is 2.52. The predicted molar refractivity (Wildman–Crippen MR) is 93.1 cm³/mol. The molecule has 0 fully saturated rings. The van der Waals surface area contributed by atoms with E-state index in [-0.39, 0.29) is 16.3 Å². The lowest BCUT2D eigenvalue weighted by molar-refractivity contribution is -0.139. The van der Waals surface area contributed by atoms with Crippen molar-refractivity contribution in [2.45, 2.75) is 18.2 Å². The summed E-state index contributed by atoms with van der Waals surface area (Å²) in [6.45, 7) is 0.915. The molecule has 0 atom stereocenters. The molecule has 0 unspecified atom stereocenters. The lowest BCUT2D eigenvalue weighted by Gasteiger charge is -2.17. The van der Waals surface area contributed by atoms with Gasteiger partial charge in [0, 0.05) is 0 Å². The van der Waals surface area contributed by atoms with E-state index in [1.807, 2.05) is 0 Å². The van der Waals surface area contributed by atoms with E-state index in [1.165, 1.54) is 12.1 Å². The number of carboxylic acid groups (broad SMARTS) is 2. The van der Waals surface area contributed by atoms with Gasteiger partial charge in [-0.3, -0.25) is 4.72 Å². The van der Waals surface area contributed by atoms with E-state index in [4.69, 9.17) is 9.84 Å². The Hall–Kier alpha value is -3.14. The second-order valence-corrected chi connectivity index (χ2v) is 7.06. The van der Waals surface area contributed by atoms with Crippen LogP contribution in [0, 0.1) is 5.82 Å². The van der Waals surface area contributed by atoms with Crippen molar-refractivity contribution >= 4 is 27.6 Å². The molecule has 144 valence electrons. The number of ether oxygens (including phenoxy) is 1. The van der Waals surface area contributed by atoms with Crippen molar-refractivity contribution < 1.29 is 37.3 Å². The quantitative estimate of drug-likeness (QED) is 0.623. The predicted octanol–water partition coefficient (Wildman–Crippen LogP) is 2.35. The summed E-state index contributed by atoms with van der Waals surface area (Å²) < 4.78 is 45.1. The number of benzene rings is 2. The summed E-state index contributed by atoms with van der Waals surface area (Å²) >= 11 is 0. The second kappa shape index (κ2) is 8.04. The molecule has 10 heteroatoms. The smallest absolute Gasteiger partial charge is 0.341 e. The lowest BCUT2D eigenvalue weighted by Crippen LogP contribution is -2.18. The van der Waals surface area contributed by atoms with Gasteiger partial charge in [-0.05, 0) is 42.3 Å². The van der Waals surface area contributed by atoms with E-state index in [9.17, 15) is 27.5 Å². The molecule has 0 aromatic heterocycles. The molecule has 0 aliphatic heterocycles. The zero-order valence-electron chi connectivity index (χ0n) is 14.1. The maximum atomic E-state index is 13.0. The molecular weight excluding hydrogens is 381 g/mol. The van der Waals surface area contributed by atoms with E-state index in [0.717, 1.165) is 24.3 Å². The highest BCUT2D eigenvalue weighted by Gasteiger charge is 2.24. The average molecular weight is 397 g/mol. The van der Waals surface area contributed by atoms with Gasteiger partial charge in [-0.2, -0.15) is 0 Å². The Kier molecular flexibility index (Phi) is 6.01. The van der Waals surface area contributed by atoms with Gasteiger partial charge < -0.3 is 14.9 Å². The number of nitrogens with one attached hydrogen (secondary N) is 1. The largest absolute Gasteiger partial charge is 0.481 e.